The lowest BCUT2D eigenvalue weighted by Crippen LogP contribution is -2.60. The summed E-state index contributed by atoms with van der Waals surface area (Å²) in [6.07, 6.45) is -6.23. The Morgan fingerprint density at radius 2 is 1.68 bits per heavy atom. The van der Waals surface area contributed by atoms with Crippen LogP contribution in [0.3, 0.4) is 0 Å². The van der Waals surface area contributed by atoms with Gasteiger partial charge in [0.25, 0.3) is 0 Å². The molecule has 1 saturated heterocycles. The average Bonchev–Trinajstić information content (AvgIpc) is 2.75. The number of hydrogen-bond donors (Lipinski definition) is 6. The van der Waals surface area contributed by atoms with Gasteiger partial charge in [-0.15, -0.1) is 0 Å². The second-order valence-corrected chi connectivity index (χ2v) is 7.16. The van der Waals surface area contributed by atoms with E-state index in [0.29, 0.717) is 5.56 Å². The van der Waals surface area contributed by atoms with Crippen molar-refractivity contribution in [1.82, 2.24) is 0 Å². The van der Waals surface area contributed by atoms with E-state index in [4.69, 9.17) is 13.9 Å². The maximum Gasteiger partial charge on any atom is 0.229 e. The van der Waals surface area contributed by atoms with Gasteiger partial charge < -0.3 is 44.5 Å². The molecule has 10 heteroatoms. The molecule has 164 valence electrons. The van der Waals surface area contributed by atoms with Crippen molar-refractivity contribution in [1.29, 1.82) is 0 Å². The molecule has 0 bridgehead atoms. The zero-order valence-electron chi connectivity index (χ0n) is 16.0. The van der Waals surface area contributed by atoms with Crippen molar-refractivity contribution in [2.24, 2.45) is 0 Å². The first-order chi connectivity index (χ1) is 14.8. The SMILES string of the molecule is O=c1c(-c2ccc(O)cc2)coc2cc(O[C@@H]3O[C@H](CO)[C@@H](O)[C@@H](O)[C@H]3O)cc(O)c12. The zero-order valence-corrected chi connectivity index (χ0v) is 16.0. The van der Waals surface area contributed by atoms with Crippen LogP contribution in [-0.2, 0) is 4.74 Å². The molecular weight excluding hydrogens is 412 g/mol. The number of fused-ring (bicyclic) bond motifs is 1. The summed E-state index contributed by atoms with van der Waals surface area (Å²) in [5, 5.41) is 58.8. The Balaban J connectivity index is 1.68. The molecule has 0 spiro atoms. The lowest BCUT2D eigenvalue weighted by molar-refractivity contribution is -0.277. The van der Waals surface area contributed by atoms with Crippen LogP contribution in [0.1, 0.15) is 0 Å². The van der Waals surface area contributed by atoms with Gasteiger partial charge in [-0.05, 0) is 17.7 Å². The highest BCUT2D eigenvalue weighted by Crippen LogP contribution is 2.32. The monoisotopic (exact) mass is 432 g/mol. The first-order valence-electron chi connectivity index (χ1n) is 9.35. The molecule has 1 aliphatic heterocycles. The second-order valence-electron chi connectivity index (χ2n) is 7.16. The van der Waals surface area contributed by atoms with Crippen molar-refractivity contribution in [3.05, 3.63) is 52.9 Å². The molecule has 1 aromatic heterocycles. The smallest absolute Gasteiger partial charge is 0.229 e. The number of aliphatic hydroxyl groups is 4. The van der Waals surface area contributed by atoms with E-state index in [-0.39, 0.29) is 28.0 Å². The van der Waals surface area contributed by atoms with Gasteiger partial charge in [0.2, 0.25) is 11.7 Å². The van der Waals surface area contributed by atoms with E-state index in [0.717, 1.165) is 6.07 Å². The Bertz CT molecular complexity index is 1140. The van der Waals surface area contributed by atoms with Crippen LogP contribution in [0.25, 0.3) is 22.1 Å². The fourth-order valence-electron chi connectivity index (χ4n) is 3.41. The zero-order chi connectivity index (χ0) is 22.3. The van der Waals surface area contributed by atoms with Gasteiger partial charge in [0, 0.05) is 12.1 Å². The molecule has 0 amide bonds. The quantitative estimate of drug-likeness (QED) is 0.331. The summed E-state index contributed by atoms with van der Waals surface area (Å²) in [5.74, 6) is -0.465. The van der Waals surface area contributed by atoms with Crippen molar-refractivity contribution in [2.75, 3.05) is 6.61 Å². The summed E-state index contributed by atoms with van der Waals surface area (Å²) >= 11 is 0. The fourth-order valence-corrected chi connectivity index (χ4v) is 3.41. The second kappa shape index (κ2) is 8.17. The van der Waals surface area contributed by atoms with Crippen LogP contribution in [0.2, 0.25) is 0 Å². The van der Waals surface area contributed by atoms with Crippen molar-refractivity contribution in [3.63, 3.8) is 0 Å². The summed E-state index contributed by atoms with van der Waals surface area (Å²) in [5.41, 5.74) is 0.135. The van der Waals surface area contributed by atoms with Crippen LogP contribution >= 0.6 is 0 Å². The maximum absolute atomic E-state index is 12.9. The third kappa shape index (κ3) is 3.82. The standard InChI is InChI=1S/C21H20O10/c22-7-15-18(26)19(27)20(28)21(31-15)30-11-5-13(24)16-14(6-11)29-8-12(17(16)25)9-1-3-10(23)4-2-9/h1-6,8,15,18-24,26-28H,7H2/t15-,18-,19-,20-,21-/m1/s1. The van der Waals surface area contributed by atoms with E-state index >= 15 is 0 Å². The fraction of sp³-hybridized carbons (Fsp3) is 0.286. The normalized spacial score (nSPS) is 26.1. The minimum atomic E-state index is -1.64. The van der Waals surface area contributed by atoms with Crippen LogP contribution in [0, 0.1) is 0 Å². The van der Waals surface area contributed by atoms with E-state index < -0.39 is 48.5 Å². The highest BCUT2D eigenvalue weighted by molar-refractivity contribution is 5.88. The van der Waals surface area contributed by atoms with E-state index in [1.54, 1.807) is 0 Å². The highest BCUT2D eigenvalue weighted by atomic mass is 16.7. The molecule has 0 radical (unpaired) electrons. The summed E-state index contributed by atoms with van der Waals surface area (Å²) in [7, 11) is 0. The summed E-state index contributed by atoms with van der Waals surface area (Å²) in [4.78, 5) is 12.9. The molecule has 0 saturated carbocycles. The number of phenolic OH excluding ortho intramolecular Hbond substituents is 2. The number of phenols is 2. The van der Waals surface area contributed by atoms with Crippen molar-refractivity contribution < 1.29 is 44.5 Å². The molecule has 3 aromatic rings. The van der Waals surface area contributed by atoms with Crippen LogP contribution in [0.5, 0.6) is 17.2 Å². The van der Waals surface area contributed by atoms with Crippen LogP contribution in [0.4, 0.5) is 0 Å². The summed E-state index contributed by atoms with van der Waals surface area (Å²) in [6.45, 7) is -0.622. The Morgan fingerprint density at radius 1 is 0.968 bits per heavy atom. The topological polar surface area (TPSA) is 170 Å². The van der Waals surface area contributed by atoms with Crippen molar-refractivity contribution in [2.45, 2.75) is 30.7 Å². The van der Waals surface area contributed by atoms with Crippen LogP contribution in [-0.4, -0.2) is 68.0 Å². The van der Waals surface area contributed by atoms with Gasteiger partial charge in [-0.3, -0.25) is 4.79 Å². The number of aromatic hydroxyl groups is 2. The molecule has 2 heterocycles. The number of benzene rings is 2. The Hall–Kier alpha value is -3.15. The first-order valence-corrected chi connectivity index (χ1v) is 9.35. The van der Waals surface area contributed by atoms with Crippen molar-refractivity contribution in [3.8, 4) is 28.4 Å². The Kier molecular flexibility index (Phi) is 5.56. The molecule has 1 fully saturated rings. The molecule has 5 atom stereocenters. The Morgan fingerprint density at radius 3 is 2.35 bits per heavy atom. The van der Waals surface area contributed by atoms with Gasteiger partial charge in [-0.1, -0.05) is 12.1 Å². The van der Waals surface area contributed by atoms with Crippen LogP contribution in [0.15, 0.2) is 51.9 Å². The van der Waals surface area contributed by atoms with Crippen molar-refractivity contribution >= 4 is 11.0 Å². The number of ether oxygens (including phenoxy) is 2. The molecule has 6 N–H and O–H groups in total. The molecule has 10 nitrogen and oxygen atoms in total. The van der Waals surface area contributed by atoms with Gasteiger partial charge >= 0.3 is 0 Å². The lowest BCUT2D eigenvalue weighted by Gasteiger charge is -2.39. The number of rotatable bonds is 4. The third-order valence-corrected chi connectivity index (χ3v) is 5.11. The minimum absolute atomic E-state index is 0.00730. The van der Waals surface area contributed by atoms with Gasteiger partial charge in [-0.25, -0.2) is 0 Å². The van der Waals surface area contributed by atoms with E-state index in [1.807, 2.05) is 0 Å². The largest absolute Gasteiger partial charge is 0.508 e. The average molecular weight is 432 g/mol. The maximum atomic E-state index is 12.9. The first kappa shape index (κ1) is 21.1. The van der Waals surface area contributed by atoms with E-state index in [2.05, 4.69) is 0 Å². The number of aliphatic hydroxyl groups excluding tert-OH is 4. The Labute approximate surface area is 174 Å². The predicted molar refractivity (Wildman–Crippen MR) is 106 cm³/mol. The lowest BCUT2D eigenvalue weighted by atomic mass is 9.99. The molecular formula is C21H20O10. The van der Waals surface area contributed by atoms with Crippen LogP contribution < -0.4 is 10.2 Å². The molecule has 2 aromatic carbocycles. The minimum Gasteiger partial charge on any atom is -0.508 e. The van der Waals surface area contributed by atoms with E-state index in [1.165, 1.54) is 36.6 Å². The number of hydrogen-bond acceptors (Lipinski definition) is 10. The molecule has 0 unspecified atom stereocenters. The molecule has 1 aliphatic rings. The van der Waals surface area contributed by atoms with Gasteiger partial charge in [0.05, 0.1) is 12.2 Å². The van der Waals surface area contributed by atoms with Gasteiger partial charge in [0.1, 0.15) is 58.9 Å². The van der Waals surface area contributed by atoms with Gasteiger partial charge in [0.15, 0.2) is 0 Å². The third-order valence-electron chi connectivity index (χ3n) is 5.11. The van der Waals surface area contributed by atoms with Gasteiger partial charge in [-0.2, -0.15) is 0 Å². The molecule has 31 heavy (non-hydrogen) atoms. The van der Waals surface area contributed by atoms with E-state index in [9.17, 15) is 35.4 Å². The molecule has 4 rings (SSSR count). The molecule has 0 aliphatic carbocycles. The summed E-state index contributed by atoms with van der Waals surface area (Å²) < 4.78 is 16.2. The summed E-state index contributed by atoms with van der Waals surface area (Å²) in [6, 6.07) is 8.29. The predicted octanol–water partition coefficient (Wildman–Crippen LogP) is 0.0499. The highest BCUT2D eigenvalue weighted by Gasteiger charge is 2.44.